The SMILES string of the molecule is CCN(CC)CC(O)CNc1cc(F)c(C)cc1F. The van der Waals surface area contributed by atoms with Gasteiger partial charge in [0.25, 0.3) is 0 Å². The van der Waals surface area contributed by atoms with Gasteiger partial charge in [0.15, 0.2) is 0 Å². The summed E-state index contributed by atoms with van der Waals surface area (Å²) < 4.78 is 26.9. The number of aryl methyl sites for hydroxylation is 1. The van der Waals surface area contributed by atoms with E-state index in [0.717, 1.165) is 25.2 Å². The van der Waals surface area contributed by atoms with Crippen molar-refractivity contribution >= 4 is 5.69 Å². The van der Waals surface area contributed by atoms with Gasteiger partial charge in [0.2, 0.25) is 0 Å². The Kier molecular flexibility index (Phi) is 6.18. The third-order valence-corrected chi connectivity index (χ3v) is 3.14. The zero-order chi connectivity index (χ0) is 14.4. The van der Waals surface area contributed by atoms with E-state index >= 15 is 0 Å². The third-order valence-electron chi connectivity index (χ3n) is 3.14. The number of likely N-dealkylation sites (N-methyl/N-ethyl adjacent to an activating group) is 1. The van der Waals surface area contributed by atoms with Crippen LogP contribution < -0.4 is 5.32 Å². The Labute approximate surface area is 113 Å². The molecule has 108 valence electrons. The average molecular weight is 272 g/mol. The molecule has 1 aromatic carbocycles. The van der Waals surface area contributed by atoms with Crippen molar-refractivity contribution in [3.8, 4) is 0 Å². The fraction of sp³-hybridized carbons (Fsp3) is 0.571. The summed E-state index contributed by atoms with van der Waals surface area (Å²) in [6.07, 6.45) is -0.622. The van der Waals surface area contributed by atoms with Crippen LogP contribution in [0.5, 0.6) is 0 Å². The highest BCUT2D eigenvalue weighted by atomic mass is 19.1. The van der Waals surface area contributed by atoms with Crippen LogP contribution in [0.25, 0.3) is 0 Å². The number of nitrogens with one attached hydrogen (secondary N) is 1. The van der Waals surface area contributed by atoms with Gasteiger partial charge in [-0.1, -0.05) is 13.8 Å². The van der Waals surface area contributed by atoms with Crippen LogP contribution in [0, 0.1) is 18.6 Å². The van der Waals surface area contributed by atoms with Gasteiger partial charge in [-0.15, -0.1) is 0 Å². The van der Waals surface area contributed by atoms with Crippen molar-refractivity contribution in [3.63, 3.8) is 0 Å². The van der Waals surface area contributed by atoms with E-state index in [1.165, 1.54) is 6.92 Å². The number of benzene rings is 1. The Morgan fingerprint density at radius 2 is 1.84 bits per heavy atom. The molecule has 5 heteroatoms. The maximum atomic E-state index is 13.6. The van der Waals surface area contributed by atoms with E-state index in [-0.39, 0.29) is 17.8 Å². The van der Waals surface area contributed by atoms with E-state index in [4.69, 9.17) is 0 Å². The maximum Gasteiger partial charge on any atom is 0.146 e. The second-order valence-electron chi connectivity index (χ2n) is 4.60. The first kappa shape index (κ1) is 15.9. The van der Waals surface area contributed by atoms with Crippen molar-refractivity contribution in [2.75, 3.05) is 31.5 Å². The molecule has 0 bridgehead atoms. The standard InChI is InChI=1S/C14H22F2N2O/c1-4-18(5-2)9-11(19)8-17-14-7-12(15)10(3)6-13(14)16/h6-7,11,17,19H,4-5,8-9H2,1-3H3. The molecule has 2 N–H and O–H groups in total. The molecule has 19 heavy (non-hydrogen) atoms. The van der Waals surface area contributed by atoms with Crippen LogP contribution >= 0.6 is 0 Å². The lowest BCUT2D eigenvalue weighted by molar-refractivity contribution is 0.128. The van der Waals surface area contributed by atoms with Crippen LogP contribution in [0.1, 0.15) is 19.4 Å². The second-order valence-corrected chi connectivity index (χ2v) is 4.60. The third kappa shape index (κ3) is 4.76. The van der Waals surface area contributed by atoms with Crippen LogP contribution in [0.2, 0.25) is 0 Å². The van der Waals surface area contributed by atoms with Crippen LogP contribution in [-0.4, -0.2) is 42.3 Å². The molecule has 0 fully saturated rings. The van der Waals surface area contributed by atoms with Gasteiger partial charge in [0.05, 0.1) is 11.8 Å². The molecule has 0 saturated heterocycles. The molecule has 1 rings (SSSR count). The first-order valence-corrected chi connectivity index (χ1v) is 6.57. The number of halogens is 2. The van der Waals surface area contributed by atoms with Crippen LogP contribution in [-0.2, 0) is 0 Å². The smallest absolute Gasteiger partial charge is 0.146 e. The monoisotopic (exact) mass is 272 g/mol. The Bertz CT molecular complexity index is 409. The van der Waals surface area contributed by atoms with E-state index in [2.05, 4.69) is 10.2 Å². The van der Waals surface area contributed by atoms with Gasteiger partial charge in [0, 0.05) is 19.2 Å². The molecule has 0 aliphatic carbocycles. The molecule has 0 aliphatic rings. The van der Waals surface area contributed by atoms with E-state index < -0.39 is 17.7 Å². The molecule has 0 radical (unpaired) electrons. The van der Waals surface area contributed by atoms with Gasteiger partial charge in [-0.3, -0.25) is 0 Å². The normalized spacial score (nSPS) is 12.8. The Morgan fingerprint density at radius 3 is 2.42 bits per heavy atom. The van der Waals surface area contributed by atoms with Crippen LogP contribution in [0.4, 0.5) is 14.5 Å². The van der Waals surface area contributed by atoms with Crippen molar-refractivity contribution in [3.05, 3.63) is 29.3 Å². The van der Waals surface area contributed by atoms with Crippen molar-refractivity contribution in [1.82, 2.24) is 4.90 Å². The summed E-state index contributed by atoms with van der Waals surface area (Å²) in [6.45, 7) is 7.93. The molecule has 0 spiro atoms. The van der Waals surface area contributed by atoms with E-state index in [1.807, 2.05) is 13.8 Å². The molecule has 1 unspecified atom stereocenters. The Hall–Kier alpha value is -1.20. The first-order valence-electron chi connectivity index (χ1n) is 6.57. The lowest BCUT2D eigenvalue weighted by Crippen LogP contribution is -2.36. The van der Waals surface area contributed by atoms with E-state index in [9.17, 15) is 13.9 Å². The quantitative estimate of drug-likeness (QED) is 0.800. The number of aliphatic hydroxyl groups is 1. The summed E-state index contributed by atoms with van der Waals surface area (Å²) in [4.78, 5) is 2.07. The summed E-state index contributed by atoms with van der Waals surface area (Å²) >= 11 is 0. The molecule has 1 atom stereocenters. The fourth-order valence-corrected chi connectivity index (χ4v) is 1.85. The Morgan fingerprint density at radius 1 is 1.21 bits per heavy atom. The highest BCUT2D eigenvalue weighted by Crippen LogP contribution is 2.18. The largest absolute Gasteiger partial charge is 0.390 e. The number of rotatable bonds is 7. The minimum Gasteiger partial charge on any atom is -0.390 e. The minimum absolute atomic E-state index is 0.0849. The second kappa shape index (κ2) is 7.40. The van der Waals surface area contributed by atoms with Gasteiger partial charge in [0.1, 0.15) is 11.6 Å². The van der Waals surface area contributed by atoms with Crippen molar-refractivity contribution in [2.45, 2.75) is 26.9 Å². The van der Waals surface area contributed by atoms with Crippen molar-refractivity contribution in [1.29, 1.82) is 0 Å². The minimum atomic E-state index is -0.622. The highest BCUT2D eigenvalue weighted by molar-refractivity contribution is 5.46. The zero-order valence-corrected chi connectivity index (χ0v) is 11.7. The summed E-state index contributed by atoms with van der Waals surface area (Å²) in [5, 5.41) is 12.6. The Balaban J connectivity index is 2.55. The van der Waals surface area contributed by atoms with Gasteiger partial charge >= 0.3 is 0 Å². The van der Waals surface area contributed by atoms with Gasteiger partial charge in [-0.05, 0) is 31.6 Å². The average Bonchev–Trinajstić information content (AvgIpc) is 2.38. The van der Waals surface area contributed by atoms with Crippen LogP contribution in [0.3, 0.4) is 0 Å². The van der Waals surface area contributed by atoms with Gasteiger partial charge < -0.3 is 15.3 Å². The predicted octanol–water partition coefficient (Wildman–Crippen LogP) is 2.39. The lowest BCUT2D eigenvalue weighted by Gasteiger charge is -2.22. The molecule has 0 saturated carbocycles. The maximum absolute atomic E-state index is 13.6. The summed E-state index contributed by atoms with van der Waals surface area (Å²) in [7, 11) is 0. The number of anilines is 1. The predicted molar refractivity (Wildman–Crippen MR) is 73.4 cm³/mol. The number of hydrogen-bond donors (Lipinski definition) is 2. The molecule has 0 aromatic heterocycles. The number of nitrogens with zero attached hydrogens (tertiary/aromatic N) is 1. The number of hydrogen-bond acceptors (Lipinski definition) is 3. The molecular weight excluding hydrogens is 250 g/mol. The molecule has 1 aromatic rings. The number of aliphatic hydroxyl groups excluding tert-OH is 1. The highest BCUT2D eigenvalue weighted by Gasteiger charge is 2.11. The summed E-state index contributed by atoms with van der Waals surface area (Å²) in [5.41, 5.74) is 0.355. The first-order chi connectivity index (χ1) is 8.97. The fourth-order valence-electron chi connectivity index (χ4n) is 1.85. The molecule has 0 amide bonds. The van der Waals surface area contributed by atoms with E-state index in [1.54, 1.807) is 0 Å². The van der Waals surface area contributed by atoms with Gasteiger partial charge in [-0.2, -0.15) is 0 Å². The lowest BCUT2D eigenvalue weighted by atomic mass is 10.2. The molecule has 3 nitrogen and oxygen atoms in total. The molecule has 0 aliphatic heterocycles. The molecule has 0 heterocycles. The van der Waals surface area contributed by atoms with Crippen molar-refractivity contribution < 1.29 is 13.9 Å². The van der Waals surface area contributed by atoms with Crippen molar-refractivity contribution in [2.24, 2.45) is 0 Å². The van der Waals surface area contributed by atoms with Crippen LogP contribution in [0.15, 0.2) is 12.1 Å². The summed E-state index contributed by atoms with van der Waals surface area (Å²) in [6, 6.07) is 2.27. The van der Waals surface area contributed by atoms with E-state index in [0.29, 0.717) is 6.54 Å². The molecular formula is C14H22F2N2O. The zero-order valence-electron chi connectivity index (χ0n) is 11.7. The topological polar surface area (TPSA) is 35.5 Å². The summed E-state index contributed by atoms with van der Waals surface area (Å²) in [5.74, 6) is -0.962. The van der Waals surface area contributed by atoms with Gasteiger partial charge in [-0.25, -0.2) is 8.78 Å².